The molecule has 0 spiro atoms. The fourth-order valence-electron chi connectivity index (χ4n) is 2.52. The lowest BCUT2D eigenvalue weighted by Crippen LogP contribution is -2.38. The molecule has 0 aliphatic carbocycles. The number of hydrogen-bond donors (Lipinski definition) is 1. The number of carbonyl (C=O) groups is 2. The Morgan fingerprint density at radius 2 is 2.16 bits per heavy atom. The fourth-order valence-corrected chi connectivity index (χ4v) is 2.52. The van der Waals surface area contributed by atoms with Gasteiger partial charge < -0.3 is 15.0 Å². The summed E-state index contributed by atoms with van der Waals surface area (Å²) in [4.78, 5) is 29.7. The highest BCUT2D eigenvalue weighted by Gasteiger charge is 2.20. The van der Waals surface area contributed by atoms with Crippen LogP contribution in [-0.4, -0.2) is 41.4 Å². The molecule has 0 saturated carbocycles. The van der Waals surface area contributed by atoms with Gasteiger partial charge in [-0.2, -0.15) is 0 Å². The molecule has 0 unspecified atom stereocenters. The third-order valence-corrected chi connectivity index (χ3v) is 3.83. The summed E-state index contributed by atoms with van der Waals surface area (Å²) < 4.78 is 5.51. The highest BCUT2D eigenvalue weighted by molar-refractivity contribution is 5.91. The number of fused-ring (bicyclic) bond motifs is 1. The highest BCUT2D eigenvalue weighted by Crippen LogP contribution is 2.22. The SMILES string of the molecule is O=C(/C=C/c1cccnc1)NCCN1Cc2ccccc2OCC1=O. The van der Waals surface area contributed by atoms with Crippen LogP contribution in [0.2, 0.25) is 0 Å². The van der Waals surface area contributed by atoms with Gasteiger partial charge in [-0.15, -0.1) is 0 Å². The minimum atomic E-state index is -0.206. The highest BCUT2D eigenvalue weighted by atomic mass is 16.5. The van der Waals surface area contributed by atoms with Crippen LogP contribution in [0.1, 0.15) is 11.1 Å². The van der Waals surface area contributed by atoms with Crippen molar-refractivity contribution in [1.29, 1.82) is 0 Å². The molecular weight excluding hydrogens is 318 g/mol. The second-order valence-electron chi connectivity index (χ2n) is 5.62. The van der Waals surface area contributed by atoms with E-state index in [-0.39, 0.29) is 18.4 Å². The van der Waals surface area contributed by atoms with Crippen molar-refractivity contribution in [3.63, 3.8) is 0 Å². The molecule has 2 amide bonds. The maximum absolute atomic E-state index is 12.1. The average molecular weight is 337 g/mol. The maximum Gasteiger partial charge on any atom is 0.260 e. The summed E-state index contributed by atoms with van der Waals surface area (Å²) in [5, 5.41) is 2.78. The van der Waals surface area contributed by atoms with Gasteiger partial charge in [0.05, 0.1) is 0 Å². The number of benzene rings is 1. The van der Waals surface area contributed by atoms with Crippen molar-refractivity contribution in [1.82, 2.24) is 15.2 Å². The molecule has 0 bridgehead atoms. The Balaban J connectivity index is 1.50. The van der Waals surface area contributed by atoms with Gasteiger partial charge in [0.15, 0.2) is 6.61 Å². The van der Waals surface area contributed by atoms with Gasteiger partial charge in [-0.3, -0.25) is 14.6 Å². The molecule has 6 heteroatoms. The first kappa shape index (κ1) is 16.7. The van der Waals surface area contributed by atoms with Gasteiger partial charge in [0.25, 0.3) is 5.91 Å². The normalized spacial score (nSPS) is 13.9. The second kappa shape index (κ2) is 8.10. The molecule has 1 aliphatic rings. The second-order valence-corrected chi connectivity index (χ2v) is 5.62. The molecule has 0 saturated heterocycles. The lowest BCUT2D eigenvalue weighted by Gasteiger charge is -2.19. The number of amides is 2. The largest absolute Gasteiger partial charge is 0.483 e. The van der Waals surface area contributed by atoms with Crippen molar-refractivity contribution in [2.24, 2.45) is 0 Å². The number of ether oxygens (including phenoxy) is 1. The van der Waals surface area contributed by atoms with E-state index in [0.29, 0.717) is 19.6 Å². The monoisotopic (exact) mass is 337 g/mol. The first-order chi connectivity index (χ1) is 12.2. The van der Waals surface area contributed by atoms with Gasteiger partial charge in [0.1, 0.15) is 5.75 Å². The third-order valence-electron chi connectivity index (χ3n) is 3.83. The zero-order valence-electron chi connectivity index (χ0n) is 13.7. The van der Waals surface area contributed by atoms with Gasteiger partial charge in [-0.1, -0.05) is 24.3 Å². The molecule has 1 aliphatic heterocycles. The van der Waals surface area contributed by atoms with Gasteiger partial charge in [-0.05, 0) is 23.8 Å². The molecule has 1 aromatic carbocycles. The predicted molar refractivity (Wildman–Crippen MR) is 93.6 cm³/mol. The smallest absolute Gasteiger partial charge is 0.260 e. The van der Waals surface area contributed by atoms with E-state index in [2.05, 4.69) is 10.3 Å². The van der Waals surface area contributed by atoms with Crippen molar-refractivity contribution in [3.05, 3.63) is 66.0 Å². The Labute approximate surface area is 146 Å². The molecule has 1 aromatic heterocycles. The zero-order chi connectivity index (χ0) is 17.5. The predicted octanol–water partition coefficient (Wildman–Crippen LogP) is 1.63. The van der Waals surface area contributed by atoms with Crippen LogP contribution >= 0.6 is 0 Å². The summed E-state index contributed by atoms with van der Waals surface area (Å²) in [5.74, 6) is 0.445. The van der Waals surface area contributed by atoms with Gasteiger partial charge >= 0.3 is 0 Å². The number of rotatable bonds is 5. The topological polar surface area (TPSA) is 71.5 Å². The minimum Gasteiger partial charge on any atom is -0.483 e. The fraction of sp³-hybridized carbons (Fsp3) is 0.211. The number of nitrogens with one attached hydrogen (secondary N) is 1. The molecule has 0 fully saturated rings. The summed E-state index contributed by atoms with van der Waals surface area (Å²) in [6, 6.07) is 11.3. The van der Waals surface area contributed by atoms with E-state index in [1.54, 1.807) is 23.4 Å². The average Bonchev–Trinajstić information content (AvgIpc) is 2.80. The number of hydrogen-bond acceptors (Lipinski definition) is 4. The molecule has 2 heterocycles. The number of para-hydroxylation sites is 1. The van der Waals surface area contributed by atoms with Crippen LogP contribution in [0, 0.1) is 0 Å². The summed E-state index contributed by atoms with van der Waals surface area (Å²) in [6.07, 6.45) is 6.51. The van der Waals surface area contributed by atoms with Crippen LogP contribution < -0.4 is 10.1 Å². The minimum absolute atomic E-state index is 0.0197. The van der Waals surface area contributed by atoms with Crippen LogP contribution in [0.3, 0.4) is 0 Å². The van der Waals surface area contributed by atoms with Crippen molar-refractivity contribution in [3.8, 4) is 5.75 Å². The number of carbonyl (C=O) groups excluding carboxylic acids is 2. The number of nitrogens with zero attached hydrogens (tertiary/aromatic N) is 2. The van der Waals surface area contributed by atoms with Crippen LogP contribution in [0.4, 0.5) is 0 Å². The molecule has 1 N–H and O–H groups in total. The van der Waals surface area contributed by atoms with Crippen LogP contribution in [0.25, 0.3) is 6.08 Å². The molecule has 0 atom stereocenters. The van der Waals surface area contributed by atoms with Crippen LogP contribution in [0.5, 0.6) is 5.75 Å². The maximum atomic E-state index is 12.1. The summed E-state index contributed by atoms with van der Waals surface area (Å²) >= 11 is 0. The summed E-state index contributed by atoms with van der Waals surface area (Å²) in [5.41, 5.74) is 1.82. The van der Waals surface area contributed by atoms with E-state index < -0.39 is 0 Å². The Morgan fingerprint density at radius 1 is 1.28 bits per heavy atom. The Bertz CT molecular complexity index is 774. The third kappa shape index (κ3) is 4.67. The number of pyridine rings is 1. The molecular formula is C19H19N3O3. The Kier molecular flexibility index (Phi) is 5.41. The first-order valence-corrected chi connectivity index (χ1v) is 8.07. The van der Waals surface area contributed by atoms with Gasteiger partial charge in [-0.25, -0.2) is 0 Å². The molecule has 25 heavy (non-hydrogen) atoms. The lowest BCUT2D eigenvalue weighted by atomic mass is 10.2. The molecule has 6 nitrogen and oxygen atoms in total. The molecule has 3 rings (SSSR count). The van der Waals surface area contributed by atoms with Crippen molar-refractivity contribution < 1.29 is 14.3 Å². The van der Waals surface area contributed by atoms with E-state index in [1.165, 1.54) is 6.08 Å². The van der Waals surface area contributed by atoms with Crippen molar-refractivity contribution in [2.45, 2.75) is 6.54 Å². The van der Waals surface area contributed by atoms with E-state index in [4.69, 9.17) is 4.74 Å². The lowest BCUT2D eigenvalue weighted by molar-refractivity contribution is -0.133. The summed E-state index contributed by atoms with van der Waals surface area (Å²) in [7, 11) is 0. The Hall–Kier alpha value is -3.15. The molecule has 2 aromatic rings. The summed E-state index contributed by atoms with van der Waals surface area (Å²) in [6.45, 7) is 1.31. The van der Waals surface area contributed by atoms with Crippen LogP contribution in [0.15, 0.2) is 54.9 Å². The Morgan fingerprint density at radius 3 is 3.00 bits per heavy atom. The zero-order valence-corrected chi connectivity index (χ0v) is 13.7. The quantitative estimate of drug-likeness (QED) is 0.842. The molecule has 128 valence electrons. The first-order valence-electron chi connectivity index (χ1n) is 8.07. The standard InChI is InChI=1S/C19H19N3O3/c23-18(8-7-15-4-3-9-20-12-15)21-10-11-22-13-16-5-1-2-6-17(16)25-14-19(22)24/h1-9,12H,10-11,13-14H2,(H,21,23)/b8-7+. The van der Waals surface area contributed by atoms with Gasteiger partial charge in [0, 0.05) is 43.7 Å². The van der Waals surface area contributed by atoms with Crippen molar-refractivity contribution in [2.75, 3.05) is 19.7 Å². The van der Waals surface area contributed by atoms with Crippen LogP contribution in [-0.2, 0) is 16.1 Å². The number of aromatic nitrogens is 1. The van der Waals surface area contributed by atoms with E-state index in [9.17, 15) is 9.59 Å². The van der Waals surface area contributed by atoms with E-state index in [1.807, 2.05) is 36.4 Å². The van der Waals surface area contributed by atoms with E-state index in [0.717, 1.165) is 16.9 Å². The van der Waals surface area contributed by atoms with E-state index >= 15 is 0 Å². The van der Waals surface area contributed by atoms with Crippen molar-refractivity contribution >= 4 is 17.9 Å². The molecule has 0 radical (unpaired) electrons. The van der Waals surface area contributed by atoms with Gasteiger partial charge in [0.2, 0.25) is 5.91 Å².